The van der Waals surface area contributed by atoms with E-state index in [0.29, 0.717) is 36.1 Å². The first-order chi connectivity index (χ1) is 15.4. The highest BCUT2D eigenvalue weighted by atomic mass is 16.5. The second-order valence-corrected chi connectivity index (χ2v) is 7.47. The molecule has 1 aliphatic rings. The first-order valence-electron chi connectivity index (χ1n) is 10.7. The summed E-state index contributed by atoms with van der Waals surface area (Å²) in [5.41, 5.74) is 3.56. The summed E-state index contributed by atoms with van der Waals surface area (Å²) >= 11 is 0. The fourth-order valence-electron chi connectivity index (χ4n) is 3.57. The minimum absolute atomic E-state index is 0.252. The minimum Gasteiger partial charge on any atom is -0.490 e. The standard InChI is InChI=1S/C26H29NO5/c1-6-14-32-22-13-10-19(16-23(22)31-7-2)15-21-24(26(29)30-5)18(4)27(25(21)28)20-11-8-17(3)9-12-20/h8-13,15-16H,6-7,14H2,1-5H3. The van der Waals surface area contributed by atoms with Crippen LogP contribution in [0, 0.1) is 6.92 Å². The van der Waals surface area contributed by atoms with E-state index in [9.17, 15) is 9.59 Å². The van der Waals surface area contributed by atoms with Crippen LogP contribution in [0.15, 0.2) is 59.3 Å². The van der Waals surface area contributed by atoms with Crippen LogP contribution in [-0.2, 0) is 14.3 Å². The first-order valence-corrected chi connectivity index (χ1v) is 10.7. The van der Waals surface area contributed by atoms with Gasteiger partial charge in [-0.1, -0.05) is 30.7 Å². The number of benzene rings is 2. The molecule has 0 saturated heterocycles. The van der Waals surface area contributed by atoms with Crippen LogP contribution in [0.2, 0.25) is 0 Å². The van der Waals surface area contributed by atoms with E-state index in [0.717, 1.165) is 17.5 Å². The maximum absolute atomic E-state index is 13.4. The van der Waals surface area contributed by atoms with Crippen molar-refractivity contribution in [2.24, 2.45) is 0 Å². The van der Waals surface area contributed by atoms with Crippen molar-refractivity contribution < 1.29 is 23.8 Å². The van der Waals surface area contributed by atoms with E-state index in [1.807, 2.05) is 63.2 Å². The van der Waals surface area contributed by atoms with Crippen LogP contribution in [0.5, 0.6) is 11.5 Å². The molecule has 32 heavy (non-hydrogen) atoms. The molecule has 168 valence electrons. The van der Waals surface area contributed by atoms with Gasteiger partial charge in [-0.3, -0.25) is 9.69 Å². The van der Waals surface area contributed by atoms with Gasteiger partial charge in [-0.25, -0.2) is 4.79 Å². The van der Waals surface area contributed by atoms with Gasteiger partial charge in [0.1, 0.15) is 0 Å². The summed E-state index contributed by atoms with van der Waals surface area (Å²) in [6.07, 6.45) is 2.58. The Morgan fingerprint density at radius 1 is 1.00 bits per heavy atom. The van der Waals surface area contributed by atoms with Gasteiger partial charge in [-0.15, -0.1) is 0 Å². The van der Waals surface area contributed by atoms with Crippen LogP contribution in [0.1, 0.15) is 38.3 Å². The third kappa shape index (κ3) is 4.69. The van der Waals surface area contributed by atoms with Crippen LogP contribution in [-0.4, -0.2) is 32.2 Å². The molecule has 0 unspecified atom stereocenters. The second-order valence-electron chi connectivity index (χ2n) is 7.47. The number of methoxy groups -OCH3 is 1. The largest absolute Gasteiger partial charge is 0.490 e. The van der Waals surface area contributed by atoms with Crippen molar-refractivity contribution in [3.8, 4) is 11.5 Å². The molecule has 3 rings (SSSR count). The van der Waals surface area contributed by atoms with Gasteiger partial charge in [-0.2, -0.15) is 0 Å². The molecule has 1 aliphatic heterocycles. The highest BCUT2D eigenvalue weighted by Gasteiger charge is 2.37. The molecule has 0 aliphatic carbocycles. The van der Waals surface area contributed by atoms with Gasteiger partial charge in [0.2, 0.25) is 0 Å². The molecule has 0 fully saturated rings. The van der Waals surface area contributed by atoms with E-state index in [1.165, 1.54) is 7.11 Å². The van der Waals surface area contributed by atoms with E-state index in [1.54, 1.807) is 17.9 Å². The van der Waals surface area contributed by atoms with E-state index in [2.05, 4.69) is 0 Å². The van der Waals surface area contributed by atoms with E-state index < -0.39 is 5.97 Å². The lowest BCUT2D eigenvalue weighted by atomic mass is 10.0. The molecule has 0 bridgehead atoms. The molecule has 2 aromatic rings. The van der Waals surface area contributed by atoms with Crippen LogP contribution in [0.4, 0.5) is 5.69 Å². The maximum atomic E-state index is 13.4. The van der Waals surface area contributed by atoms with Gasteiger partial charge < -0.3 is 14.2 Å². The van der Waals surface area contributed by atoms with Crippen LogP contribution in [0.3, 0.4) is 0 Å². The molecule has 0 aromatic heterocycles. The zero-order chi connectivity index (χ0) is 23.3. The van der Waals surface area contributed by atoms with Gasteiger partial charge in [0, 0.05) is 11.4 Å². The number of carbonyl (C=O) groups is 2. The molecule has 0 N–H and O–H groups in total. The summed E-state index contributed by atoms with van der Waals surface area (Å²) in [6, 6.07) is 13.1. The van der Waals surface area contributed by atoms with Gasteiger partial charge in [0.15, 0.2) is 11.5 Å². The van der Waals surface area contributed by atoms with Crippen LogP contribution < -0.4 is 14.4 Å². The highest BCUT2D eigenvalue weighted by molar-refractivity contribution is 6.23. The monoisotopic (exact) mass is 435 g/mol. The Morgan fingerprint density at radius 2 is 1.72 bits per heavy atom. The number of hydrogen-bond acceptors (Lipinski definition) is 5. The SMILES string of the molecule is CCCOc1ccc(C=C2C(=O)N(c3ccc(C)cc3)C(C)=C2C(=O)OC)cc1OCC. The normalized spacial score (nSPS) is 14.8. The number of anilines is 1. The second kappa shape index (κ2) is 10.2. The van der Waals surface area contributed by atoms with Gasteiger partial charge in [0.25, 0.3) is 5.91 Å². The van der Waals surface area contributed by atoms with Crippen molar-refractivity contribution in [3.05, 3.63) is 70.4 Å². The lowest BCUT2D eigenvalue weighted by Gasteiger charge is -2.18. The number of amides is 1. The molecule has 6 heteroatoms. The molecule has 2 aromatic carbocycles. The molecule has 6 nitrogen and oxygen atoms in total. The summed E-state index contributed by atoms with van der Waals surface area (Å²) in [4.78, 5) is 27.5. The highest BCUT2D eigenvalue weighted by Crippen LogP contribution is 2.36. The molecular formula is C26H29NO5. The predicted molar refractivity (Wildman–Crippen MR) is 125 cm³/mol. The third-order valence-electron chi connectivity index (χ3n) is 5.12. The van der Waals surface area contributed by atoms with Crippen molar-refractivity contribution in [3.63, 3.8) is 0 Å². The zero-order valence-corrected chi connectivity index (χ0v) is 19.2. The number of ether oxygens (including phenoxy) is 3. The summed E-state index contributed by atoms with van der Waals surface area (Å²) < 4.78 is 16.5. The maximum Gasteiger partial charge on any atom is 0.340 e. The summed E-state index contributed by atoms with van der Waals surface area (Å²) in [7, 11) is 1.31. The number of carbonyl (C=O) groups excluding carboxylic acids is 2. The number of aryl methyl sites for hydroxylation is 1. The lowest BCUT2D eigenvalue weighted by Crippen LogP contribution is -2.24. The smallest absolute Gasteiger partial charge is 0.340 e. The Labute approximate surface area is 189 Å². The van der Waals surface area contributed by atoms with E-state index in [-0.39, 0.29) is 17.1 Å². The fraction of sp³-hybridized carbons (Fsp3) is 0.308. The molecule has 0 radical (unpaired) electrons. The molecule has 0 atom stereocenters. The van der Waals surface area contributed by atoms with Crippen molar-refractivity contribution in [1.82, 2.24) is 0 Å². The first kappa shape index (κ1) is 23.1. The summed E-state index contributed by atoms with van der Waals surface area (Å²) in [6.45, 7) is 8.73. The average Bonchev–Trinajstić information content (AvgIpc) is 3.03. The Morgan fingerprint density at radius 3 is 2.34 bits per heavy atom. The topological polar surface area (TPSA) is 65.1 Å². The fourth-order valence-corrected chi connectivity index (χ4v) is 3.57. The Balaban J connectivity index is 2.06. The Hall–Kier alpha value is -3.54. The van der Waals surface area contributed by atoms with Gasteiger partial charge in [0.05, 0.1) is 31.5 Å². The minimum atomic E-state index is -0.551. The number of rotatable bonds is 8. The van der Waals surface area contributed by atoms with E-state index >= 15 is 0 Å². The number of esters is 1. The average molecular weight is 436 g/mol. The molecule has 0 saturated carbocycles. The van der Waals surface area contributed by atoms with Gasteiger partial charge >= 0.3 is 5.97 Å². The lowest BCUT2D eigenvalue weighted by molar-refractivity contribution is -0.136. The summed E-state index contributed by atoms with van der Waals surface area (Å²) in [5, 5.41) is 0. The zero-order valence-electron chi connectivity index (χ0n) is 19.2. The van der Waals surface area contributed by atoms with Crippen LogP contribution in [0.25, 0.3) is 6.08 Å². The molecule has 0 spiro atoms. The predicted octanol–water partition coefficient (Wildman–Crippen LogP) is 5.06. The Bertz CT molecular complexity index is 1070. The number of allylic oxidation sites excluding steroid dienone is 1. The molecule has 1 heterocycles. The summed E-state index contributed by atoms with van der Waals surface area (Å²) in [5.74, 6) is 0.409. The van der Waals surface area contributed by atoms with Crippen molar-refractivity contribution in [2.75, 3.05) is 25.2 Å². The third-order valence-corrected chi connectivity index (χ3v) is 5.12. The quantitative estimate of drug-likeness (QED) is 0.428. The number of nitrogens with zero attached hydrogens (tertiary/aromatic N) is 1. The van der Waals surface area contributed by atoms with Crippen LogP contribution >= 0.6 is 0 Å². The molecule has 1 amide bonds. The Kier molecular flexibility index (Phi) is 7.36. The molecular weight excluding hydrogens is 406 g/mol. The van der Waals surface area contributed by atoms with E-state index in [4.69, 9.17) is 14.2 Å². The van der Waals surface area contributed by atoms with Crippen molar-refractivity contribution in [1.29, 1.82) is 0 Å². The van der Waals surface area contributed by atoms with Crippen molar-refractivity contribution in [2.45, 2.75) is 34.1 Å². The number of hydrogen-bond donors (Lipinski definition) is 0. The van der Waals surface area contributed by atoms with Gasteiger partial charge in [-0.05, 0) is 63.1 Å². The van der Waals surface area contributed by atoms with Crippen molar-refractivity contribution >= 4 is 23.6 Å².